The number of aliphatic hydroxyl groups is 1. The van der Waals surface area contributed by atoms with Crippen molar-refractivity contribution >= 4 is 17.6 Å². The van der Waals surface area contributed by atoms with Crippen molar-refractivity contribution in [2.24, 2.45) is 17.6 Å². The average molecular weight is 404 g/mol. The van der Waals surface area contributed by atoms with Crippen LogP contribution in [0.4, 0.5) is 0 Å². The summed E-state index contributed by atoms with van der Waals surface area (Å²) in [7, 11) is 0. The van der Waals surface area contributed by atoms with Gasteiger partial charge in [-0.2, -0.15) is 0 Å². The van der Waals surface area contributed by atoms with Crippen molar-refractivity contribution < 1.29 is 14.7 Å². The zero-order valence-electron chi connectivity index (χ0n) is 16.4. The van der Waals surface area contributed by atoms with Crippen LogP contribution in [0.3, 0.4) is 0 Å². The monoisotopic (exact) mass is 404 g/mol. The summed E-state index contributed by atoms with van der Waals surface area (Å²) in [5.41, 5.74) is 8.02. The standard InChI is InChI=1S/C23H24N4O3/c24-21(25)15-8-6-14(7-9-15)20-19-18(17-10-16(28)12-26(17)20)22(29)27(23(19)30)11-13-4-2-1-3-5-13/h1-9,16-20,28H,10-12H2,(H3,24,25)/t16-,17-,18+,19-,20+/m1/s1. The smallest absolute Gasteiger partial charge is 0.235 e. The van der Waals surface area contributed by atoms with E-state index in [-0.39, 0.29) is 36.3 Å². The Hall–Kier alpha value is -3.03. The number of carbonyl (C=O) groups is 2. The van der Waals surface area contributed by atoms with Gasteiger partial charge in [-0.1, -0.05) is 54.6 Å². The predicted octanol–water partition coefficient (Wildman–Crippen LogP) is 1.26. The number of rotatable bonds is 4. The van der Waals surface area contributed by atoms with E-state index in [4.69, 9.17) is 11.1 Å². The number of nitrogens with two attached hydrogens (primary N) is 1. The van der Waals surface area contributed by atoms with Crippen LogP contribution in [0.15, 0.2) is 54.6 Å². The Morgan fingerprint density at radius 1 is 1.03 bits per heavy atom. The van der Waals surface area contributed by atoms with Crippen LogP contribution < -0.4 is 5.73 Å². The molecule has 30 heavy (non-hydrogen) atoms. The predicted molar refractivity (Wildman–Crippen MR) is 110 cm³/mol. The van der Waals surface area contributed by atoms with Gasteiger partial charge in [-0.15, -0.1) is 0 Å². The first-order valence-corrected chi connectivity index (χ1v) is 10.2. The van der Waals surface area contributed by atoms with E-state index < -0.39 is 17.9 Å². The van der Waals surface area contributed by atoms with Crippen molar-refractivity contribution in [2.45, 2.75) is 31.2 Å². The fraction of sp³-hybridized carbons (Fsp3) is 0.348. The van der Waals surface area contributed by atoms with Crippen LogP contribution >= 0.6 is 0 Å². The van der Waals surface area contributed by atoms with Gasteiger partial charge in [0.1, 0.15) is 5.84 Å². The molecule has 7 nitrogen and oxygen atoms in total. The van der Waals surface area contributed by atoms with Crippen molar-refractivity contribution in [3.63, 3.8) is 0 Å². The van der Waals surface area contributed by atoms with Crippen LogP contribution in [0, 0.1) is 17.2 Å². The summed E-state index contributed by atoms with van der Waals surface area (Å²) >= 11 is 0. The van der Waals surface area contributed by atoms with Gasteiger partial charge in [0, 0.05) is 24.2 Å². The van der Waals surface area contributed by atoms with Crippen molar-refractivity contribution in [2.75, 3.05) is 6.54 Å². The number of benzene rings is 2. The lowest BCUT2D eigenvalue weighted by Crippen LogP contribution is -2.39. The number of likely N-dealkylation sites (tertiary alicyclic amines) is 1. The van der Waals surface area contributed by atoms with Crippen molar-refractivity contribution in [3.05, 3.63) is 71.3 Å². The lowest BCUT2D eigenvalue weighted by atomic mass is 9.85. The third kappa shape index (κ3) is 2.85. The molecule has 2 aromatic rings. The number of carbonyl (C=O) groups excluding carboxylic acids is 2. The Balaban J connectivity index is 1.51. The highest BCUT2D eigenvalue weighted by Gasteiger charge is 2.63. The minimum absolute atomic E-state index is 0.0125. The lowest BCUT2D eigenvalue weighted by Gasteiger charge is -2.29. The molecule has 0 aliphatic carbocycles. The normalized spacial score (nSPS) is 30.6. The fourth-order valence-corrected chi connectivity index (χ4v) is 5.44. The highest BCUT2D eigenvalue weighted by atomic mass is 16.3. The molecule has 3 fully saturated rings. The summed E-state index contributed by atoms with van der Waals surface area (Å²) in [5, 5.41) is 17.9. The van der Waals surface area contributed by atoms with Crippen molar-refractivity contribution in [1.82, 2.24) is 9.80 Å². The van der Waals surface area contributed by atoms with Crippen LogP contribution in [0.25, 0.3) is 0 Å². The second-order valence-electron chi connectivity index (χ2n) is 8.43. The molecule has 0 bridgehead atoms. The second kappa shape index (κ2) is 7.04. The Morgan fingerprint density at radius 2 is 1.70 bits per heavy atom. The quantitative estimate of drug-likeness (QED) is 0.404. The second-order valence-corrected chi connectivity index (χ2v) is 8.43. The number of aliphatic hydroxyl groups excluding tert-OH is 1. The minimum atomic E-state index is -0.499. The van der Waals surface area contributed by atoms with Crippen molar-refractivity contribution in [1.29, 1.82) is 5.41 Å². The van der Waals surface area contributed by atoms with Gasteiger partial charge in [-0.3, -0.25) is 24.8 Å². The van der Waals surface area contributed by atoms with E-state index in [0.717, 1.165) is 11.1 Å². The number of hydrogen-bond donors (Lipinski definition) is 3. The summed E-state index contributed by atoms with van der Waals surface area (Å²) in [6.45, 7) is 0.729. The van der Waals surface area contributed by atoms with E-state index >= 15 is 0 Å². The number of amides is 2. The molecule has 3 aliphatic heterocycles. The molecule has 0 unspecified atom stereocenters. The number of nitrogens with zero attached hydrogens (tertiary/aromatic N) is 2. The number of fused-ring (bicyclic) bond motifs is 3. The van der Waals surface area contributed by atoms with Gasteiger partial charge in [-0.25, -0.2) is 0 Å². The summed E-state index contributed by atoms with van der Waals surface area (Å²) in [5.74, 6) is -1.18. The van der Waals surface area contributed by atoms with Gasteiger partial charge in [0.2, 0.25) is 11.8 Å². The number of imide groups is 1. The van der Waals surface area contributed by atoms with E-state index in [0.29, 0.717) is 18.5 Å². The molecule has 3 saturated heterocycles. The van der Waals surface area contributed by atoms with Gasteiger partial charge in [-0.05, 0) is 17.5 Å². The van der Waals surface area contributed by atoms with E-state index in [2.05, 4.69) is 4.90 Å². The average Bonchev–Trinajstić information content (AvgIpc) is 3.33. The molecule has 0 spiro atoms. The largest absolute Gasteiger partial charge is 0.392 e. The van der Waals surface area contributed by atoms with E-state index in [1.165, 1.54) is 4.90 Å². The number of nitrogen functional groups attached to an aromatic ring is 1. The highest BCUT2D eigenvalue weighted by Crippen LogP contribution is 2.53. The Labute approximate surface area is 174 Å². The van der Waals surface area contributed by atoms with E-state index in [1.807, 2.05) is 42.5 Å². The molecule has 2 amide bonds. The maximum atomic E-state index is 13.4. The molecule has 3 aliphatic rings. The molecular weight excluding hydrogens is 380 g/mol. The van der Waals surface area contributed by atoms with Crippen molar-refractivity contribution in [3.8, 4) is 0 Å². The highest BCUT2D eigenvalue weighted by molar-refractivity contribution is 6.06. The van der Waals surface area contributed by atoms with Crippen LogP contribution in [0.1, 0.15) is 29.2 Å². The third-order valence-corrected chi connectivity index (χ3v) is 6.71. The summed E-state index contributed by atoms with van der Waals surface area (Å²) in [6, 6.07) is 16.4. The van der Waals surface area contributed by atoms with Gasteiger partial charge in [0.25, 0.3) is 0 Å². The van der Waals surface area contributed by atoms with E-state index in [9.17, 15) is 14.7 Å². The zero-order chi connectivity index (χ0) is 21.0. The maximum Gasteiger partial charge on any atom is 0.235 e. The third-order valence-electron chi connectivity index (χ3n) is 6.71. The van der Waals surface area contributed by atoms with Crippen LogP contribution in [-0.2, 0) is 16.1 Å². The Morgan fingerprint density at radius 3 is 2.37 bits per heavy atom. The molecule has 5 rings (SSSR count). The number of hydrogen-bond acceptors (Lipinski definition) is 5. The molecule has 7 heteroatoms. The number of amidine groups is 1. The Kier molecular flexibility index (Phi) is 4.45. The molecule has 0 aromatic heterocycles. The van der Waals surface area contributed by atoms with Gasteiger partial charge in [0.05, 0.1) is 24.5 Å². The molecule has 0 saturated carbocycles. The summed E-state index contributed by atoms with van der Waals surface area (Å²) in [4.78, 5) is 30.3. The first kappa shape index (κ1) is 19.0. The fourth-order valence-electron chi connectivity index (χ4n) is 5.44. The molecule has 0 radical (unpaired) electrons. The van der Waals surface area contributed by atoms with E-state index in [1.54, 1.807) is 12.1 Å². The summed E-state index contributed by atoms with van der Waals surface area (Å²) in [6.07, 6.45) is 0.00232. The molecular formula is C23H24N4O3. The van der Waals surface area contributed by atoms with Crippen LogP contribution in [0.5, 0.6) is 0 Å². The first-order valence-electron chi connectivity index (χ1n) is 10.2. The van der Waals surface area contributed by atoms with Crippen LogP contribution in [-0.4, -0.2) is 51.2 Å². The molecule has 154 valence electrons. The topological polar surface area (TPSA) is 111 Å². The maximum absolute atomic E-state index is 13.4. The molecule has 4 N–H and O–H groups in total. The number of nitrogens with one attached hydrogen (secondary N) is 1. The minimum Gasteiger partial charge on any atom is -0.392 e. The van der Waals surface area contributed by atoms with Gasteiger partial charge >= 0.3 is 0 Å². The molecule has 2 aromatic carbocycles. The molecule has 3 heterocycles. The Bertz CT molecular complexity index is 1010. The first-order chi connectivity index (χ1) is 14.5. The van der Waals surface area contributed by atoms with Gasteiger partial charge < -0.3 is 10.8 Å². The van der Waals surface area contributed by atoms with Crippen LogP contribution in [0.2, 0.25) is 0 Å². The summed E-state index contributed by atoms with van der Waals surface area (Å²) < 4.78 is 0. The van der Waals surface area contributed by atoms with Gasteiger partial charge in [0.15, 0.2) is 0 Å². The lowest BCUT2D eigenvalue weighted by molar-refractivity contribution is -0.142. The SMILES string of the molecule is N=C(N)c1ccc([C@H]2[C@@H]3C(=O)N(Cc4ccccc4)C(=O)[C@H]3[C@H]3C[C@@H](O)CN32)cc1. The zero-order valence-corrected chi connectivity index (χ0v) is 16.4. The molecule has 5 atom stereocenters.